The first-order valence-electron chi connectivity index (χ1n) is 8.33. The van der Waals surface area contributed by atoms with Crippen molar-refractivity contribution in [1.29, 1.82) is 0 Å². The minimum absolute atomic E-state index is 0.267. The summed E-state index contributed by atoms with van der Waals surface area (Å²) in [6.45, 7) is 1.94. The maximum atomic E-state index is 11.1. The highest BCUT2D eigenvalue weighted by Crippen LogP contribution is 2.24. The average Bonchev–Trinajstić information content (AvgIpc) is 2.97. The lowest BCUT2D eigenvalue weighted by molar-refractivity contribution is 0.229. The van der Waals surface area contributed by atoms with Crippen molar-refractivity contribution in [1.82, 2.24) is 14.4 Å². The summed E-state index contributed by atoms with van der Waals surface area (Å²) in [6.07, 6.45) is 4.87. The Hall–Kier alpha value is -2.19. The van der Waals surface area contributed by atoms with Gasteiger partial charge in [0, 0.05) is 19.3 Å². The smallest absolute Gasteiger partial charge is 0.264 e. The molecule has 1 aromatic carbocycles. The van der Waals surface area contributed by atoms with Crippen molar-refractivity contribution in [3.8, 4) is 0 Å². The van der Waals surface area contributed by atoms with Crippen molar-refractivity contribution < 1.29 is 12.6 Å². The Kier molecular flexibility index (Phi) is 4.09. The van der Waals surface area contributed by atoms with E-state index < -0.39 is 10.1 Å². The molecule has 2 aromatic heterocycles. The van der Waals surface area contributed by atoms with Crippen LogP contribution in [0.5, 0.6) is 0 Å². The van der Waals surface area contributed by atoms with Crippen LogP contribution in [0.4, 0.5) is 5.82 Å². The Bertz CT molecular complexity index is 1010. The molecular formula is C17H20N4O3S. The summed E-state index contributed by atoms with van der Waals surface area (Å²) in [4.78, 5) is 11.5. The molecule has 1 fully saturated rings. The van der Waals surface area contributed by atoms with Gasteiger partial charge in [0.1, 0.15) is 5.82 Å². The number of hydrogen-bond acceptors (Lipinski definition) is 6. The van der Waals surface area contributed by atoms with Crippen LogP contribution in [-0.2, 0) is 14.3 Å². The fourth-order valence-electron chi connectivity index (χ4n) is 3.26. The van der Waals surface area contributed by atoms with Gasteiger partial charge in [-0.1, -0.05) is 12.1 Å². The molecule has 3 aromatic rings. The number of aromatic nitrogens is 3. The highest BCUT2D eigenvalue weighted by molar-refractivity contribution is 7.85. The minimum atomic E-state index is -3.36. The van der Waals surface area contributed by atoms with E-state index in [1.54, 1.807) is 0 Å². The number of anilines is 1. The molecule has 1 aliphatic heterocycles. The fraction of sp³-hybridized carbons (Fsp3) is 0.412. The Labute approximate surface area is 146 Å². The number of nitrogens with zero attached hydrogens (tertiary/aromatic N) is 4. The summed E-state index contributed by atoms with van der Waals surface area (Å²) in [7, 11) is -3.36. The lowest BCUT2D eigenvalue weighted by Crippen LogP contribution is -2.36. The van der Waals surface area contributed by atoms with Crippen molar-refractivity contribution >= 4 is 32.7 Å². The largest absolute Gasteiger partial charge is 0.356 e. The second kappa shape index (κ2) is 6.27. The molecule has 3 heterocycles. The van der Waals surface area contributed by atoms with Crippen LogP contribution in [0.3, 0.4) is 0 Å². The van der Waals surface area contributed by atoms with E-state index in [1.165, 1.54) is 0 Å². The first-order valence-corrected chi connectivity index (χ1v) is 10.1. The van der Waals surface area contributed by atoms with Crippen LogP contribution in [-0.4, -0.2) is 48.7 Å². The van der Waals surface area contributed by atoms with Crippen LogP contribution in [0.15, 0.2) is 36.5 Å². The normalized spacial score (nSPS) is 16.8. The van der Waals surface area contributed by atoms with E-state index >= 15 is 0 Å². The highest BCUT2D eigenvalue weighted by atomic mass is 32.2. The summed E-state index contributed by atoms with van der Waals surface area (Å²) in [5, 5.41) is 0. The molecule has 0 spiro atoms. The van der Waals surface area contributed by atoms with Gasteiger partial charge >= 0.3 is 0 Å². The first-order chi connectivity index (χ1) is 12.0. The Morgan fingerprint density at radius 3 is 2.68 bits per heavy atom. The zero-order valence-electron chi connectivity index (χ0n) is 14.0. The Balaban J connectivity index is 1.48. The van der Waals surface area contributed by atoms with Gasteiger partial charge in [0.15, 0.2) is 0 Å². The van der Waals surface area contributed by atoms with E-state index in [4.69, 9.17) is 9.17 Å². The molecule has 0 bridgehead atoms. The van der Waals surface area contributed by atoms with Crippen LogP contribution < -0.4 is 4.90 Å². The number of para-hydroxylation sites is 2. The molecule has 0 N–H and O–H groups in total. The van der Waals surface area contributed by atoms with Gasteiger partial charge in [-0.15, -0.1) is 0 Å². The van der Waals surface area contributed by atoms with Gasteiger partial charge in [0.05, 0.1) is 23.9 Å². The standard InChI is InChI=1S/C17H20N4O3S/c1-25(22,23)24-12-13-6-9-20(10-7-13)16-8-11-21-15-5-3-2-4-14(15)18-17(21)19-16/h2-5,8,11,13H,6-7,9-10,12H2,1H3. The number of fused-ring (bicyclic) bond motifs is 3. The second-order valence-electron chi connectivity index (χ2n) is 6.48. The van der Waals surface area contributed by atoms with Crippen LogP contribution in [0.25, 0.3) is 16.8 Å². The zero-order valence-corrected chi connectivity index (χ0v) is 14.8. The van der Waals surface area contributed by atoms with Crippen LogP contribution in [0.2, 0.25) is 0 Å². The van der Waals surface area contributed by atoms with Crippen LogP contribution in [0, 0.1) is 5.92 Å². The van der Waals surface area contributed by atoms with Crippen molar-refractivity contribution in [2.24, 2.45) is 5.92 Å². The quantitative estimate of drug-likeness (QED) is 0.663. The van der Waals surface area contributed by atoms with Crippen molar-refractivity contribution in [2.75, 3.05) is 30.9 Å². The predicted molar refractivity (Wildman–Crippen MR) is 96.2 cm³/mol. The topological polar surface area (TPSA) is 76.8 Å². The van der Waals surface area contributed by atoms with E-state index in [0.29, 0.717) is 5.78 Å². The molecule has 0 saturated carbocycles. The molecule has 0 amide bonds. The maximum absolute atomic E-state index is 11.1. The molecule has 132 valence electrons. The molecule has 25 heavy (non-hydrogen) atoms. The van der Waals surface area contributed by atoms with E-state index in [0.717, 1.165) is 49.0 Å². The van der Waals surface area contributed by atoms with Crippen molar-refractivity contribution in [3.05, 3.63) is 36.5 Å². The molecule has 0 unspecified atom stereocenters. The lowest BCUT2D eigenvalue weighted by Gasteiger charge is -2.32. The van der Waals surface area contributed by atoms with Crippen LogP contribution >= 0.6 is 0 Å². The summed E-state index contributed by atoms with van der Waals surface area (Å²) >= 11 is 0. The summed E-state index contributed by atoms with van der Waals surface area (Å²) < 4.78 is 29.1. The maximum Gasteiger partial charge on any atom is 0.264 e. The van der Waals surface area contributed by atoms with Gasteiger partial charge < -0.3 is 4.90 Å². The molecular weight excluding hydrogens is 340 g/mol. The molecule has 0 atom stereocenters. The molecule has 8 heteroatoms. The SMILES string of the molecule is CS(=O)(=O)OCC1CCN(c2ccn3c(n2)nc2ccccc23)CC1. The van der Waals surface area contributed by atoms with E-state index in [2.05, 4.69) is 9.88 Å². The number of benzene rings is 1. The van der Waals surface area contributed by atoms with Gasteiger partial charge in [0.2, 0.25) is 5.78 Å². The average molecular weight is 360 g/mol. The summed E-state index contributed by atoms with van der Waals surface area (Å²) in [5.41, 5.74) is 1.98. The monoisotopic (exact) mass is 360 g/mol. The molecule has 0 radical (unpaired) electrons. The summed E-state index contributed by atoms with van der Waals surface area (Å²) in [5.74, 6) is 1.87. The number of hydrogen-bond donors (Lipinski definition) is 0. The Morgan fingerprint density at radius 1 is 1.16 bits per heavy atom. The van der Waals surface area contributed by atoms with Gasteiger partial charge in [0.25, 0.3) is 10.1 Å². The van der Waals surface area contributed by atoms with Gasteiger partial charge in [-0.2, -0.15) is 13.4 Å². The fourth-order valence-corrected chi connectivity index (χ4v) is 3.70. The molecule has 7 nitrogen and oxygen atoms in total. The third kappa shape index (κ3) is 3.45. The van der Waals surface area contributed by atoms with Gasteiger partial charge in [-0.05, 0) is 37.0 Å². The first kappa shape index (κ1) is 16.3. The third-order valence-electron chi connectivity index (χ3n) is 4.62. The zero-order chi connectivity index (χ0) is 17.4. The number of imidazole rings is 1. The van der Waals surface area contributed by atoms with Gasteiger partial charge in [-0.25, -0.2) is 4.98 Å². The van der Waals surface area contributed by atoms with Crippen LogP contribution in [0.1, 0.15) is 12.8 Å². The second-order valence-corrected chi connectivity index (χ2v) is 8.12. The highest BCUT2D eigenvalue weighted by Gasteiger charge is 2.22. The van der Waals surface area contributed by atoms with E-state index in [1.807, 2.05) is 40.9 Å². The Morgan fingerprint density at radius 2 is 1.92 bits per heavy atom. The minimum Gasteiger partial charge on any atom is -0.356 e. The van der Waals surface area contributed by atoms with Gasteiger partial charge in [-0.3, -0.25) is 8.58 Å². The molecule has 4 rings (SSSR count). The van der Waals surface area contributed by atoms with E-state index in [9.17, 15) is 8.42 Å². The number of rotatable bonds is 4. The lowest BCUT2D eigenvalue weighted by atomic mass is 9.98. The molecule has 1 aliphatic rings. The molecule has 1 saturated heterocycles. The third-order valence-corrected chi connectivity index (χ3v) is 5.18. The van der Waals surface area contributed by atoms with Crippen molar-refractivity contribution in [3.63, 3.8) is 0 Å². The number of piperidine rings is 1. The van der Waals surface area contributed by atoms with E-state index in [-0.39, 0.29) is 12.5 Å². The summed E-state index contributed by atoms with van der Waals surface area (Å²) in [6, 6.07) is 9.99. The predicted octanol–water partition coefficient (Wildman–Crippen LogP) is 2.08. The van der Waals surface area contributed by atoms with Crippen molar-refractivity contribution in [2.45, 2.75) is 12.8 Å². The molecule has 0 aliphatic carbocycles.